The Balaban J connectivity index is 2.89. The SMILES string of the molecule is [C-]#[N+]c1cc(C#N)cc(-c2c(F)c(F)c(C#N)c(F)c2F)c1. The van der Waals surface area contributed by atoms with Crippen LogP contribution in [-0.4, -0.2) is 0 Å². The maximum Gasteiger partial charge on any atom is 0.189 e. The number of nitriles is 2. The Morgan fingerprint density at radius 3 is 1.91 bits per heavy atom. The summed E-state index contributed by atoms with van der Waals surface area (Å²) in [7, 11) is 0. The number of hydrogen-bond donors (Lipinski definition) is 0. The lowest BCUT2D eigenvalue weighted by Crippen LogP contribution is -2.04. The molecule has 2 aromatic rings. The molecular weight excluding hydrogens is 298 g/mol. The third-order valence-electron chi connectivity index (χ3n) is 2.84. The molecule has 0 fully saturated rings. The molecule has 2 rings (SSSR count). The van der Waals surface area contributed by atoms with E-state index in [4.69, 9.17) is 17.1 Å². The van der Waals surface area contributed by atoms with Gasteiger partial charge < -0.3 is 0 Å². The Morgan fingerprint density at radius 1 is 0.864 bits per heavy atom. The van der Waals surface area contributed by atoms with E-state index in [1.807, 2.05) is 0 Å². The molecule has 0 saturated heterocycles. The second-order valence-corrected chi connectivity index (χ2v) is 4.11. The molecule has 0 bridgehead atoms. The van der Waals surface area contributed by atoms with E-state index in [1.54, 1.807) is 6.07 Å². The first-order valence-corrected chi connectivity index (χ1v) is 5.63. The molecule has 0 spiro atoms. The Morgan fingerprint density at radius 2 is 1.45 bits per heavy atom. The molecule has 0 radical (unpaired) electrons. The summed E-state index contributed by atoms with van der Waals surface area (Å²) in [4.78, 5) is 3.02. The summed E-state index contributed by atoms with van der Waals surface area (Å²) >= 11 is 0. The van der Waals surface area contributed by atoms with E-state index in [0.717, 1.165) is 24.3 Å². The first-order chi connectivity index (χ1) is 10.4. The molecule has 2 aromatic carbocycles. The topological polar surface area (TPSA) is 51.9 Å². The monoisotopic (exact) mass is 301 g/mol. The predicted octanol–water partition coefficient (Wildman–Crippen LogP) is 4.20. The van der Waals surface area contributed by atoms with Gasteiger partial charge in [-0.2, -0.15) is 10.5 Å². The molecule has 0 aliphatic carbocycles. The van der Waals surface area contributed by atoms with Gasteiger partial charge in [-0.1, -0.05) is 0 Å². The molecule has 7 heteroatoms. The molecule has 0 aliphatic heterocycles. The Hall–Kier alpha value is -3.37. The van der Waals surface area contributed by atoms with Crippen molar-refractivity contribution in [3.05, 3.63) is 64.0 Å². The Bertz CT molecular complexity index is 853. The van der Waals surface area contributed by atoms with Crippen molar-refractivity contribution in [1.82, 2.24) is 0 Å². The molecule has 0 heterocycles. The van der Waals surface area contributed by atoms with E-state index in [-0.39, 0.29) is 16.8 Å². The molecule has 3 nitrogen and oxygen atoms in total. The zero-order valence-electron chi connectivity index (χ0n) is 10.6. The molecule has 106 valence electrons. The molecular formula is C15H3F4N3. The lowest BCUT2D eigenvalue weighted by Gasteiger charge is -2.09. The van der Waals surface area contributed by atoms with E-state index in [0.29, 0.717) is 0 Å². The Labute approximate surface area is 122 Å². The van der Waals surface area contributed by atoms with Gasteiger partial charge in [0.2, 0.25) is 0 Å². The van der Waals surface area contributed by atoms with Gasteiger partial charge in [0.1, 0.15) is 11.6 Å². The van der Waals surface area contributed by atoms with Gasteiger partial charge in [0.05, 0.1) is 18.2 Å². The summed E-state index contributed by atoms with van der Waals surface area (Å²) in [5.41, 5.74) is -3.05. The fraction of sp³-hybridized carbons (Fsp3) is 0. The third kappa shape index (κ3) is 2.24. The van der Waals surface area contributed by atoms with Crippen LogP contribution in [0.4, 0.5) is 23.2 Å². The third-order valence-corrected chi connectivity index (χ3v) is 2.84. The number of benzene rings is 2. The van der Waals surface area contributed by atoms with Crippen molar-refractivity contribution in [1.29, 1.82) is 10.5 Å². The van der Waals surface area contributed by atoms with Crippen molar-refractivity contribution in [2.45, 2.75) is 0 Å². The number of hydrogen-bond acceptors (Lipinski definition) is 2. The van der Waals surface area contributed by atoms with Gasteiger partial charge in [-0.25, -0.2) is 22.4 Å². The number of rotatable bonds is 1. The van der Waals surface area contributed by atoms with Crippen LogP contribution in [-0.2, 0) is 0 Å². The highest BCUT2D eigenvalue weighted by atomic mass is 19.2. The summed E-state index contributed by atoms with van der Waals surface area (Å²) in [6.07, 6.45) is 0. The summed E-state index contributed by atoms with van der Waals surface area (Å²) in [6.45, 7) is 6.87. The smallest absolute Gasteiger partial charge is 0.189 e. The first-order valence-electron chi connectivity index (χ1n) is 5.63. The molecule has 0 atom stereocenters. The highest BCUT2D eigenvalue weighted by Crippen LogP contribution is 2.34. The number of halogens is 4. The van der Waals surface area contributed by atoms with Crippen LogP contribution in [0.25, 0.3) is 16.0 Å². The van der Waals surface area contributed by atoms with Crippen LogP contribution in [0.3, 0.4) is 0 Å². The van der Waals surface area contributed by atoms with Gasteiger partial charge in [0, 0.05) is 5.56 Å². The van der Waals surface area contributed by atoms with E-state index in [1.165, 1.54) is 0 Å². The van der Waals surface area contributed by atoms with Crippen LogP contribution in [0.15, 0.2) is 18.2 Å². The van der Waals surface area contributed by atoms with E-state index < -0.39 is 34.4 Å². The minimum Gasteiger partial charge on any atom is -0.238 e. The molecule has 0 saturated carbocycles. The van der Waals surface area contributed by atoms with Gasteiger partial charge in [-0.15, -0.1) is 0 Å². The van der Waals surface area contributed by atoms with Gasteiger partial charge in [-0.05, 0) is 23.8 Å². The molecule has 0 aromatic heterocycles. The zero-order valence-corrected chi connectivity index (χ0v) is 10.6. The van der Waals surface area contributed by atoms with E-state index >= 15 is 0 Å². The zero-order chi connectivity index (χ0) is 16.4. The molecule has 0 aliphatic rings. The van der Waals surface area contributed by atoms with E-state index in [9.17, 15) is 17.6 Å². The largest absolute Gasteiger partial charge is 0.238 e. The van der Waals surface area contributed by atoms with Crippen molar-refractivity contribution in [2.75, 3.05) is 0 Å². The second-order valence-electron chi connectivity index (χ2n) is 4.11. The molecule has 0 amide bonds. The summed E-state index contributed by atoms with van der Waals surface area (Å²) < 4.78 is 55.2. The van der Waals surface area contributed by atoms with Crippen molar-refractivity contribution >= 4 is 5.69 Å². The van der Waals surface area contributed by atoms with Crippen molar-refractivity contribution in [3.63, 3.8) is 0 Å². The lowest BCUT2D eigenvalue weighted by atomic mass is 9.99. The fourth-order valence-electron chi connectivity index (χ4n) is 1.87. The van der Waals surface area contributed by atoms with Gasteiger partial charge in [0.25, 0.3) is 0 Å². The standard InChI is InChI=1S/C15H3F4N3/c1-22-9-3-7(5-20)2-8(4-9)11-14(18)12(16)10(6-21)13(17)15(11)19/h2-4H. The molecule has 0 N–H and O–H groups in total. The molecule has 22 heavy (non-hydrogen) atoms. The highest BCUT2D eigenvalue weighted by molar-refractivity contribution is 5.72. The van der Waals surface area contributed by atoms with Crippen molar-refractivity contribution in [3.8, 4) is 23.3 Å². The van der Waals surface area contributed by atoms with Gasteiger partial charge in [0.15, 0.2) is 29.0 Å². The highest BCUT2D eigenvalue weighted by Gasteiger charge is 2.26. The maximum atomic E-state index is 14.0. The maximum absolute atomic E-state index is 14.0. The summed E-state index contributed by atoms with van der Waals surface area (Å²) in [5, 5.41) is 17.4. The van der Waals surface area contributed by atoms with Crippen LogP contribution in [0.5, 0.6) is 0 Å². The van der Waals surface area contributed by atoms with Crippen molar-refractivity contribution in [2.24, 2.45) is 0 Å². The van der Waals surface area contributed by atoms with Crippen LogP contribution in [0, 0.1) is 52.5 Å². The first kappa shape index (κ1) is 15.0. The van der Waals surface area contributed by atoms with Crippen LogP contribution >= 0.6 is 0 Å². The molecule has 0 unspecified atom stereocenters. The predicted molar refractivity (Wildman–Crippen MR) is 67.4 cm³/mol. The average molecular weight is 301 g/mol. The summed E-state index contributed by atoms with van der Waals surface area (Å²) in [5.74, 6) is -7.19. The van der Waals surface area contributed by atoms with Crippen molar-refractivity contribution < 1.29 is 17.6 Å². The minimum atomic E-state index is -1.83. The summed E-state index contributed by atoms with van der Waals surface area (Å²) in [6, 6.07) is 5.84. The fourth-order valence-corrected chi connectivity index (χ4v) is 1.87. The lowest BCUT2D eigenvalue weighted by molar-refractivity contribution is 0.454. The normalized spacial score (nSPS) is 9.68. The number of nitrogens with zero attached hydrogens (tertiary/aromatic N) is 3. The Kier molecular flexibility index (Phi) is 3.79. The average Bonchev–Trinajstić information content (AvgIpc) is 2.53. The minimum absolute atomic E-state index is 0.104. The van der Waals surface area contributed by atoms with E-state index in [2.05, 4.69) is 4.85 Å². The van der Waals surface area contributed by atoms with Crippen LogP contribution < -0.4 is 0 Å². The van der Waals surface area contributed by atoms with Crippen LogP contribution in [0.1, 0.15) is 11.1 Å². The van der Waals surface area contributed by atoms with Crippen LogP contribution in [0.2, 0.25) is 0 Å². The van der Waals surface area contributed by atoms with Gasteiger partial charge >= 0.3 is 0 Å². The van der Waals surface area contributed by atoms with Gasteiger partial charge in [-0.3, -0.25) is 0 Å². The second kappa shape index (κ2) is 5.55. The quantitative estimate of drug-likeness (QED) is 0.450.